The van der Waals surface area contributed by atoms with E-state index in [0.717, 1.165) is 51.9 Å². The first-order valence-corrected chi connectivity index (χ1v) is 9.17. The summed E-state index contributed by atoms with van der Waals surface area (Å²) in [5, 5.41) is 12.3. The highest BCUT2D eigenvalue weighted by Gasteiger charge is 2.25. The maximum Gasteiger partial charge on any atom is 0.160 e. The van der Waals surface area contributed by atoms with Gasteiger partial charge in [-0.3, -0.25) is 4.98 Å². The Morgan fingerprint density at radius 3 is 2.70 bits per heavy atom. The fourth-order valence-electron chi connectivity index (χ4n) is 3.90. The molecule has 2 atom stereocenters. The van der Waals surface area contributed by atoms with Crippen molar-refractivity contribution in [1.29, 1.82) is 0 Å². The van der Waals surface area contributed by atoms with Crippen LogP contribution in [-0.4, -0.2) is 40.5 Å². The lowest BCUT2D eigenvalue weighted by atomic mass is 10.0. The molecule has 1 fully saturated rings. The Morgan fingerprint density at radius 1 is 1.00 bits per heavy atom. The maximum atomic E-state index is 5.86. The smallest absolute Gasteiger partial charge is 0.160 e. The molecule has 0 bridgehead atoms. The van der Waals surface area contributed by atoms with Gasteiger partial charge in [-0.2, -0.15) is 0 Å². The van der Waals surface area contributed by atoms with Crippen LogP contribution in [0.15, 0.2) is 53.4 Å². The summed E-state index contributed by atoms with van der Waals surface area (Å²) in [6.45, 7) is 5.77. The molecular weight excluding hydrogens is 340 g/mol. The molecule has 0 N–H and O–H groups in total. The van der Waals surface area contributed by atoms with Gasteiger partial charge in [-0.1, -0.05) is 0 Å². The van der Waals surface area contributed by atoms with E-state index in [2.05, 4.69) is 40.0 Å². The van der Waals surface area contributed by atoms with Gasteiger partial charge in [-0.25, -0.2) is 0 Å². The van der Waals surface area contributed by atoms with Crippen molar-refractivity contribution in [3.05, 3.63) is 49.0 Å². The van der Waals surface area contributed by atoms with Gasteiger partial charge in [-0.05, 0) is 44.2 Å². The zero-order chi connectivity index (χ0) is 18.4. The lowest BCUT2D eigenvalue weighted by Gasteiger charge is -2.36. The topological polar surface area (TPSA) is 64.3 Å². The largest absolute Gasteiger partial charge is 0.464 e. The number of nitrogens with zero attached hydrogens (tertiary/aromatic N) is 4. The average molecular weight is 360 g/mol. The summed E-state index contributed by atoms with van der Waals surface area (Å²) in [7, 11) is 0. The molecule has 0 radical (unpaired) electrons. The number of pyridine rings is 1. The fraction of sp³-hybridized carbons (Fsp3) is 0.286. The van der Waals surface area contributed by atoms with Crippen molar-refractivity contribution in [2.45, 2.75) is 26.1 Å². The number of anilines is 1. The molecular formula is C21H20N4O2. The fourth-order valence-corrected chi connectivity index (χ4v) is 3.90. The zero-order valence-electron chi connectivity index (χ0n) is 15.3. The van der Waals surface area contributed by atoms with Crippen LogP contribution in [0.5, 0.6) is 0 Å². The van der Waals surface area contributed by atoms with E-state index >= 15 is 0 Å². The van der Waals surface area contributed by atoms with Crippen molar-refractivity contribution in [2.75, 3.05) is 18.0 Å². The number of aromatic nitrogens is 3. The van der Waals surface area contributed by atoms with Gasteiger partial charge >= 0.3 is 0 Å². The number of rotatable bonds is 2. The van der Waals surface area contributed by atoms with Crippen LogP contribution in [0.3, 0.4) is 0 Å². The van der Waals surface area contributed by atoms with Crippen LogP contribution < -0.4 is 4.90 Å². The number of hydrogen-bond donors (Lipinski definition) is 0. The first kappa shape index (κ1) is 16.2. The van der Waals surface area contributed by atoms with Gasteiger partial charge in [0.05, 0.1) is 18.5 Å². The Hall–Kier alpha value is -2.99. The summed E-state index contributed by atoms with van der Waals surface area (Å²) < 4.78 is 11.3. The third kappa shape index (κ3) is 2.82. The van der Waals surface area contributed by atoms with E-state index in [0.29, 0.717) is 0 Å². The number of morpholine rings is 1. The van der Waals surface area contributed by atoms with E-state index in [4.69, 9.17) is 9.15 Å². The van der Waals surface area contributed by atoms with Gasteiger partial charge in [0.1, 0.15) is 11.3 Å². The highest BCUT2D eigenvalue weighted by atomic mass is 16.5. The molecule has 0 spiro atoms. The quantitative estimate of drug-likeness (QED) is 0.537. The van der Waals surface area contributed by atoms with E-state index in [1.54, 1.807) is 12.5 Å². The Kier molecular flexibility index (Phi) is 3.79. The number of furan rings is 1. The monoisotopic (exact) mass is 360 g/mol. The van der Waals surface area contributed by atoms with Gasteiger partial charge in [0, 0.05) is 47.2 Å². The summed E-state index contributed by atoms with van der Waals surface area (Å²) in [4.78, 5) is 6.59. The number of hydrogen-bond acceptors (Lipinski definition) is 6. The second-order valence-electron chi connectivity index (χ2n) is 7.13. The number of fused-ring (bicyclic) bond motifs is 2. The third-order valence-electron chi connectivity index (χ3n) is 5.01. The molecule has 4 aromatic rings. The SMILES string of the molecule is C[C@@H]1CN(c2nnc(-c3ccc4occc4c3)c3ccncc23)C[C@H](C)O1. The molecule has 1 aromatic carbocycles. The summed E-state index contributed by atoms with van der Waals surface area (Å²) in [6, 6.07) is 10.0. The second kappa shape index (κ2) is 6.32. The summed E-state index contributed by atoms with van der Waals surface area (Å²) >= 11 is 0. The van der Waals surface area contributed by atoms with Gasteiger partial charge in [0.2, 0.25) is 0 Å². The van der Waals surface area contributed by atoms with Crippen molar-refractivity contribution in [3.63, 3.8) is 0 Å². The molecule has 0 aliphatic carbocycles. The summed E-state index contributed by atoms with van der Waals surface area (Å²) in [5.74, 6) is 0.869. The molecule has 5 rings (SSSR count). The van der Waals surface area contributed by atoms with Crippen molar-refractivity contribution < 1.29 is 9.15 Å². The normalized spacial score (nSPS) is 20.4. The molecule has 136 valence electrons. The predicted molar refractivity (Wildman–Crippen MR) is 105 cm³/mol. The standard InChI is InChI=1S/C21H20N4O2/c1-13-11-25(12-14(2)27-13)21-18-10-22-7-5-17(18)20(23-24-21)16-3-4-19-15(9-16)6-8-26-19/h3-10,13-14H,11-12H2,1-2H3/t13-,14+. The first-order valence-electron chi connectivity index (χ1n) is 9.17. The Labute approximate surface area is 156 Å². The van der Waals surface area contributed by atoms with Crippen LogP contribution in [0.25, 0.3) is 33.0 Å². The van der Waals surface area contributed by atoms with Crippen LogP contribution in [-0.2, 0) is 4.74 Å². The number of ether oxygens (including phenoxy) is 1. The lowest BCUT2D eigenvalue weighted by Crippen LogP contribution is -2.46. The van der Waals surface area contributed by atoms with Gasteiger partial charge in [0.25, 0.3) is 0 Å². The van der Waals surface area contributed by atoms with Crippen LogP contribution in [0, 0.1) is 0 Å². The van der Waals surface area contributed by atoms with Crippen LogP contribution in [0.1, 0.15) is 13.8 Å². The minimum Gasteiger partial charge on any atom is -0.464 e. The van der Waals surface area contributed by atoms with E-state index in [1.165, 1.54) is 0 Å². The van der Waals surface area contributed by atoms with Crippen molar-refractivity contribution in [1.82, 2.24) is 15.2 Å². The Morgan fingerprint density at radius 2 is 1.85 bits per heavy atom. The molecule has 1 aliphatic rings. The van der Waals surface area contributed by atoms with Crippen molar-refractivity contribution >= 4 is 27.6 Å². The average Bonchev–Trinajstić information content (AvgIpc) is 3.14. The first-order chi connectivity index (χ1) is 13.2. The summed E-state index contributed by atoms with van der Waals surface area (Å²) in [5.41, 5.74) is 2.74. The Balaban J connectivity index is 1.65. The minimum absolute atomic E-state index is 0.158. The molecule has 0 amide bonds. The Bertz CT molecular complexity index is 1110. The molecule has 0 unspecified atom stereocenters. The third-order valence-corrected chi connectivity index (χ3v) is 5.01. The lowest BCUT2D eigenvalue weighted by molar-refractivity contribution is -0.00540. The zero-order valence-corrected chi connectivity index (χ0v) is 15.3. The molecule has 6 nitrogen and oxygen atoms in total. The van der Waals surface area contributed by atoms with Crippen LogP contribution >= 0.6 is 0 Å². The molecule has 3 aromatic heterocycles. The summed E-state index contributed by atoms with van der Waals surface area (Å²) in [6.07, 6.45) is 5.70. The van der Waals surface area contributed by atoms with E-state index in [9.17, 15) is 0 Å². The van der Waals surface area contributed by atoms with Crippen LogP contribution in [0.2, 0.25) is 0 Å². The van der Waals surface area contributed by atoms with Crippen LogP contribution in [0.4, 0.5) is 5.82 Å². The molecule has 0 saturated carbocycles. The molecule has 1 saturated heterocycles. The van der Waals surface area contributed by atoms with Gasteiger partial charge in [0.15, 0.2) is 5.82 Å². The second-order valence-corrected chi connectivity index (χ2v) is 7.13. The van der Waals surface area contributed by atoms with Gasteiger partial charge in [-0.15, -0.1) is 10.2 Å². The van der Waals surface area contributed by atoms with Crippen molar-refractivity contribution in [2.24, 2.45) is 0 Å². The van der Waals surface area contributed by atoms with Gasteiger partial charge < -0.3 is 14.1 Å². The minimum atomic E-state index is 0.158. The van der Waals surface area contributed by atoms with E-state index in [-0.39, 0.29) is 12.2 Å². The van der Waals surface area contributed by atoms with E-state index in [1.807, 2.05) is 30.5 Å². The van der Waals surface area contributed by atoms with Crippen molar-refractivity contribution in [3.8, 4) is 11.3 Å². The van der Waals surface area contributed by atoms with E-state index < -0.39 is 0 Å². The maximum absolute atomic E-state index is 5.86. The highest BCUT2D eigenvalue weighted by molar-refractivity contribution is 6.00. The molecule has 1 aliphatic heterocycles. The highest BCUT2D eigenvalue weighted by Crippen LogP contribution is 2.33. The molecule has 4 heterocycles. The molecule has 27 heavy (non-hydrogen) atoms. The number of benzene rings is 1. The molecule has 6 heteroatoms. The predicted octanol–water partition coefficient (Wildman–Crippen LogP) is 4.05.